The molecule has 0 aromatic carbocycles. The Morgan fingerprint density at radius 3 is 2.25 bits per heavy atom. The SMILES string of the molecule is [B][NH][Al]=[O]. The molecule has 2 radical (unpaired) electrons. The summed E-state index contributed by atoms with van der Waals surface area (Å²) in [5, 5.41) is 0. The summed E-state index contributed by atoms with van der Waals surface area (Å²) in [6.45, 7) is 0. The third kappa shape index (κ3) is 2.20. The van der Waals surface area contributed by atoms with Crippen molar-refractivity contribution in [3.8, 4) is 0 Å². The predicted octanol–water partition coefficient (Wildman–Crippen LogP) is -1.38. The molecule has 0 unspecified atom stereocenters. The van der Waals surface area contributed by atoms with Crippen LogP contribution in [0.4, 0.5) is 0 Å². The van der Waals surface area contributed by atoms with Crippen molar-refractivity contribution in [3.63, 3.8) is 0 Å². The summed E-state index contributed by atoms with van der Waals surface area (Å²) in [5.74, 6) is 0. The normalized spacial score (nSPS) is 4.00. The van der Waals surface area contributed by atoms with Crippen LogP contribution >= 0.6 is 0 Å². The fourth-order valence-corrected chi connectivity index (χ4v) is 0. The second-order valence-electron chi connectivity index (χ2n) is 0.285. The molecule has 4 heavy (non-hydrogen) atoms. The molecule has 0 amide bonds. The van der Waals surface area contributed by atoms with Crippen molar-refractivity contribution in [2.75, 3.05) is 0 Å². The quantitative estimate of drug-likeness (QED) is 0.384. The molecule has 2 nitrogen and oxygen atoms in total. The first-order chi connectivity index (χ1) is 1.91. The minimum absolute atomic E-state index is 0.940. The van der Waals surface area contributed by atoms with Gasteiger partial charge in [0.05, 0.1) is 0 Å². The van der Waals surface area contributed by atoms with Crippen LogP contribution in [0.1, 0.15) is 0 Å². The van der Waals surface area contributed by atoms with E-state index in [2.05, 4.69) is 7.98 Å². The molecule has 0 spiro atoms. The fourth-order valence-electron chi connectivity index (χ4n) is 0. The first-order valence-corrected chi connectivity index (χ1v) is 1.86. The second kappa shape index (κ2) is 3.20. The van der Waals surface area contributed by atoms with Crippen molar-refractivity contribution < 1.29 is 3.80 Å². The molecule has 0 saturated heterocycles. The van der Waals surface area contributed by atoms with Crippen molar-refractivity contribution in [2.24, 2.45) is 0 Å². The first kappa shape index (κ1) is 4.20. The van der Waals surface area contributed by atoms with Gasteiger partial charge in [-0.05, 0) is 0 Å². The molecule has 0 heterocycles. The Bertz CT molecular complexity index is 22.0. The summed E-state index contributed by atoms with van der Waals surface area (Å²) in [4.78, 5) is 0. The van der Waals surface area contributed by atoms with Gasteiger partial charge in [-0.3, -0.25) is 0 Å². The molecule has 0 aromatic heterocycles. The fraction of sp³-hybridized carbons (Fsp3) is 0. The standard InChI is InChI=1S/Al.BHN.O/c;1-2;/h;2H;/q+1;-1;. The van der Waals surface area contributed by atoms with Gasteiger partial charge in [0, 0.05) is 0 Å². The van der Waals surface area contributed by atoms with Crippen LogP contribution in [-0.4, -0.2) is 23.4 Å². The Morgan fingerprint density at radius 2 is 2.25 bits per heavy atom. The monoisotopic (exact) mass is 69.0 g/mol. The molecule has 0 bridgehead atoms. The molecule has 18 valence electrons. The topological polar surface area (TPSA) is 29.1 Å². The Kier molecular flexibility index (Phi) is 3.36. The summed E-state index contributed by atoms with van der Waals surface area (Å²) in [5.41, 5.74) is 0. The van der Waals surface area contributed by atoms with Crippen molar-refractivity contribution >= 4 is 23.4 Å². The number of hydrogen-bond acceptors (Lipinski definition) is 1. The Labute approximate surface area is 32.2 Å². The summed E-state index contributed by atoms with van der Waals surface area (Å²) in [6, 6.07) is 0. The van der Waals surface area contributed by atoms with Gasteiger partial charge < -0.3 is 0 Å². The van der Waals surface area contributed by atoms with Crippen LogP contribution < -0.4 is 4.21 Å². The number of rotatable bonds is 1. The van der Waals surface area contributed by atoms with Crippen LogP contribution in [0.5, 0.6) is 0 Å². The van der Waals surface area contributed by atoms with E-state index in [-0.39, 0.29) is 0 Å². The molecule has 0 rings (SSSR count). The maximum atomic E-state index is 9.15. The molecular formula is HAlBNO. The van der Waals surface area contributed by atoms with Crippen molar-refractivity contribution in [1.29, 1.82) is 0 Å². The predicted molar refractivity (Wildman–Crippen MR) is 15.3 cm³/mol. The van der Waals surface area contributed by atoms with Gasteiger partial charge in [0.2, 0.25) is 0 Å². The van der Waals surface area contributed by atoms with E-state index in [9.17, 15) is 0 Å². The van der Waals surface area contributed by atoms with Gasteiger partial charge in [-0.2, -0.15) is 0 Å². The van der Waals surface area contributed by atoms with E-state index in [1.165, 1.54) is 0 Å². The van der Waals surface area contributed by atoms with Crippen molar-refractivity contribution in [1.82, 2.24) is 4.21 Å². The molecule has 4 heteroatoms. The van der Waals surface area contributed by atoms with Gasteiger partial charge in [-0.25, -0.2) is 0 Å². The van der Waals surface area contributed by atoms with E-state index in [0.717, 1.165) is 0 Å². The van der Waals surface area contributed by atoms with E-state index in [4.69, 9.17) is 3.80 Å². The Hall–Kier alpha value is 0.197. The van der Waals surface area contributed by atoms with Crippen LogP contribution in [0, 0.1) is 0 Å². The van der Waals surface area contributed by atoms with Crippen molar-refractivity contribution in [3.05, 3.63) is 0 Å². The molecule has 1 N–H and O–H groups in total. The van der Waals surface area contributed by atoms with E-state index >= 15 is 0 Å². The van der Waals surface area contributed by atoms with Gasteiger partial charge in [0.15, 0.2) is 0 Å². The van der Waals surface area contributed by atoms with E-state index < -0.39 is 15.4 Å². The van der Waals surface area contributed by atoms with Gasteiger partial charge >= 0.3 is 31.4 Å². The third-order valence-electron chi connectivity index (χ3n) is 0.0680. The van der Waals surface area contributed by atoms with Crippen LogP contribution in [0.25, 0.3) is 0 Å². The molecule has 0 fully saturated rings. The Morgan fingerprint density at radius 1 is 2.00 bits per heavy atom. The van der Waals surface area contributed by atoms with Crippen molar-refractivity contribution in [2.45, 2.75) is 0 Å². The average Bonchev–Trinajstić information content (AvgIpc) is 1.37. The summed E-state index contributed by atoms with van der Waals surface area (Å²) in [6.07, 6.45) is 0. The minimum atomic E-state index is -0.940. The zero-order valence-corrected chi connectivity index (χ0v) is 3.22. The van der Waals surface area contributed by atoms with Gasteiger partial charge in [0.25, 0.3) is 0 Å². The average molecular weight is 68.8 g/mol. The maximum absolute atomic E-state index is 9.15. The molecule has 0 aliphatic carbocycles. The molecule has 0 aromatic rings. The van der Waals surface area contributed by atoms with Gasteiger partial charge in [0.1, 0.15) is 0 Å². The molecule has 0 aliphatic rings. The van der Waals surface area contributed by atoms with Gasteiger partial charge in [-0.15, -0.1) is 0 Å². The zero-order chi connectivity index (χ0) is 3.41. The second-order valence-corrected chi connectivity index (χ2v) is 0.854. The number of nitrogens with one attached hydrogen (secondary N) is 1. The molecule has 0 saturated carbocycles. The summed E-state index contributed by atoms with van der Waals surface area (Å²) in [7, 11) is 4.50. The van der Waals surface area contributed by atoms with Crippen LogP contribution in [0.3, 0.4) is 0 Å². The zero-order valence-electron chi connectivity index (χ0n) is 2.06. The molecule has 0 aliphatic heterocycles. The first-order valence-electron chi connectivity index (χ1n) is 0.813. The molecule has 0 atom stereocenters. The van der Waals surface area contributed by atoms with E-state index in [1.807, 2.05) is 4.21 Å². The van der Waals surface area contributed by atoms with E-state index in [1.54, 1.807) is 0 Å². The van der Waals surface area contributed by atoms with Crippen LogP contribution in [-0.2, 0) is 3.80 Å². The Balaban J connectivity index is 2.30. The summed E-state index contributed by atoms with van der Waals surface area (Å²) >= 11 is -0.940. The summed E-state index contributed by atoms with van der Waals surface area (Å²) < 4.78 is 11.1. The third-order valence-corrected chi connectivity index (χ3v) is 0.204. The van der Waals surface area contributed by atoms with Crippen LogP contribution in [0.2, 0.25) is 0 Å². The van der Waals surface area contributed by atoms with Gasteiger partial charge in [-0.1, -0.05) is 0 Å². The molecular weight excluding hydrogens is 67.8 g/mol. The van der Waals surface area contributed by atoms with E-state index in [0.29, 0.717) is 0 Å². The van der Waals surface area contributed by atoms with Crippen LogP contribution in [0.15, 0.2) is 0 Å². The number of hydrogen-bond donors (Lipinski definition) is 1.